The second-order valence-corrected chi connectivity index (χ2v) is 15.0. The van der Waals surface area contributed by atoms with Crippen molar-refractivity contribution in [2.45, 2.75) is 125 Å². The summed E-state index contributed by atoms with van der Waals surface area (Å²) in [5.74, 6) is 7.21. The van der Waals surface area contributed by atoms with Crippen LogP contribution < -0.4 is 4.74 Å². The lowest BCUT2D eigenvalue weighted by Gasteiger charge is -2.58. The third-order valence-electron chi connectivity index (χ3n) is 12.9. The van der Waals surface area contributed by atoms with Crippen LogP contribution in [0, 0.1) is 52.3 Å². The van der Waals surface area contributed by atoms with E-state index in [0.29, 0.717) is 23.5 Å². The van der Waals surface area contributed by atoms with Crippen LogP contribution in [0.5, 0.6) is 5.75 Å². The van der Waals surface area contributed by atoms with Crippen molar-refractivity contribution < 1.29 is 9.47 Å². The summed E-state index contributed by atoms with van der Waals surface area (Å²) in [5.41, 5.74) is 3.95. The van der Waals surface area contributed by atoms with Crippen LogP contribution in [0.3, 0.4) is 0 Å². The predicted molar refractivity (Wildman–Crippen MR) is 164 cm³/mol. The molecule has 1 aromatic carbocycles. The van der Waals surface area contributed by atoms with E-state index in [9.17, 15) is 0 Å². The first kappa shape index (κ1) is 29.2. The van der Waals surface area contributed by atoms with Gasteiger partial charge in [-0.05, 0) is 128 Å². The molecular formula is C37H58O2. The smallest absolute Gasteiger partial charge is 0.118 e. The van der Waals surface area contributed by atoms with E-state index in [1.54, 1.807) is 12.7 Å². The van der Waals surface area contributed by atoms with Crippen LogP contribution in [0.15, 0.2) is 35.9 Å². The van der Waals surface area contributed by atoms with Crippen molar-refractivity contribution in [3.8, 4) is 5.75 Å². The molecule has 5 rings (SSSR count). The number of rotatable bonds is 10. The molecule has 4 aliphatic rings. The molecule has 2 nitrogen and oxygen atoms in total. The van der Waals surface area contributed by atoms with Crippen LogP contribution in [0.1, 0.15) is 118 Å². The second-order valence-electron chi connectivity index (χ2n) is 15.0. The van der Waals surface area contributed by atoms with Crippen molar-refractivity contribution >= 4 is 0 Å². The van der Waals surface area contributed by atoms with Gasteiger partial charge in [-0.15, -0.1) is 0 Å². The Morgan fingerprint density at radius 1 is 0.923 bits per heavy atom. The average molecular weight is 535 g/mol. The zero-order valence-electron chi connectivity index (χ0n) is 26.3. The highest BCUT2D eigenvalue weighted by Gasteiger charge is 2.59. The molecule has 9 atom stereocenters. The van der Waals surface area contributed by atoms with Gasteiger partial charge >= 0.3 is 0 Å². The molecule has 0 aliphatic heterocycles. The molecule has 1 aromatic rings. The SMILES string of the molecule is CC[C@H](CC[C@@H](C)[C@H]1CC[C@H]2[C@@H]3CC=C4C[C@@H](OCc5ccc(OC)cc5)CC[C@]4(C)[C@H]3CC[C@]12C)C(C)C. The Hall–Kier alpha value is -1.28. The van der Waals surface area contributed by atoms with Gasteiger partial charge in [0, 0.05) is 0 Å². The molecule has 0 spiro atoms. The van der Waals surface area contributed by atoms with Crippen LogP contribution in [-0.4, -0.2) is 13.2 Å². The molecule has 4 aliphatic carbocycles. The van der Waals surface area contributed by atoms with E-state index in [4.69, 9.17) is 9.47 Å². The number of hydrogen-bond donors (Lipinski definition) is 0. The molecule has 218 valence electrons. The molecule has 0 saturated heterocycles. The quantitative estimate of drug-likeness (QED) is 0.278. The molecule has 3 saturated carbocycles. The summed E-state index contributed by atoms with van der Waals surface area (Å²) in [6, 6.07) is 8.35. The maximum absolute atomic E-state index is 6.48. The van der Waals surface area contributed by atoms with E-state index in [2.05, 4.69) is 59.8 Å². The van der Waals surface area contributed by atoms with Gasteiger partial charge in [-0.1, -0.05) is 78.2 Å². The molecule has 39 heavy (non-hydrogen) atoms. The van der Waals surface area contributed by atoms with Gasteiger partial charge in [-0.2, -0.15) is 0 Å². The molecule has 0 bridgehead atoms. The van der Waals surface area contributed by atoms with E-state index in [-0.39, 0.29) is 0 Å². The Kier molecular flexibility index (Phi) is 8.92. The first-order valence-corrected chi connectivity index (χ1v) is 16.6. The number of ether oxygens (including phenoxy) is 2. The number of benzene rings is 1. The Labute approximate surface area is 240 Å². The van der Waals surface area contributed by atoms with Gasteiger partial charge in [0.25, 0.3) is 0 Å². The lowest BCUT2D eigenvalue weighted by Crippen LogP contribution is -2.51. The van der Waals surface area contributed by atoms with Crippen molar-refractivity contribution in [2.75, 3.05) is 7.11 Å². The third kappa shape index (κ3) is 5.62. The monoisotopic (exact) mass is 534 g/mol. The highest BCUT2D eigenvalue weighted by molar-refractivity contribution is 5.27. The summed E-state index contributed by atoms with van der Waals surface area (Å²) in [6.45, 7) is 16.0. The summed E-state index contributed by atoms with van der Waals surface area (Å²) in [7, 11) is 1.72. The van der Waals surface area contributed by atoms with Gasteiger partial charge < -0.3 is 9.47 Å². The largest absolute Gasteiger partial charge is 0.497 e. The first-order valence-electron chi connectivity index (χ1n) is 16.6. The highest BCUT2D eigenvalue weighted by Crippen LogP contribution is 2.67. The van der Waals surface area contributed by atoms with Crippen LogP contribution in [0.4, 0.5) is 0 Å². The Morgan fingerprint density at radius 2 is 1.69 bits per heavy atom. The minimum absolute atomic E-state index is 0.367. The molecule has 0 aromatic heterocycles. The molecular weight excluding hydrogens is 476 g/mol. The molecule has 0 radical (unpaired) electrons. The number of hydrogen-bond acceptors (Lipinski definition) is 2. The predicted octanol–water partition coefficient (Wildman–Crippen LogP) is 10.3. The van der Waals surface area contributed by atoms with Crippen molar-refractivity contribution in [1.29, 1.82) is 0 Å². The van der Waals surface area contributed by atoms with Gasteiger partial charge in [0.05, 0.1) is 19.8 Å². The van der Waals surface area contributed by atoms with Crippen LogP contribution in [0.25, 0.3) is 0 Å². The fourth-order valence-corrected chi connectivity index (χ4v) is 10.4. The lowest BCUT2D eigenvalue weighted by atomic mass is 9.47. The molecule has 3 fully saturated rings. The van der Waals surface area contributed by atoms with Crippen LogP contribution >= 0.6 is 0 Å². The summed E-state index contributed by atoms with van der Waals surface area (Å²) < 4.78 is 11.8. The van der Waals surface area contributed by atoms with Gasteiger partial charge in [-0.25, -0.2) is 0 Å². The molecule has 0 unspecified atom stereocenters. The van der Waals surface area contributed by atoms with Crippen LogP contribution in [0.2, 0.25) is 0 Å². The summed E-state index contributed by atoms with van der Waals surface area (Å²) in [5, 5.41) is 0. The van der Waals surface area contributed by atoms with Crippen molar-refractivity contribution in [3.63, 3.8) is 0 Å². The molecule has 2 heteroatoms. The molecule has 0 heterocycles. The van der Waals surface area contributed by atoms with E-state index >= 15 is 0 Å². The normalized spacial score (nSPS) is 37.4. The second kappa shape index (κ2) is 11.9. The zero-order chi connectivity index (χ0) is 27.8. The highest BCUT2D eigenvalue weighted by atomic mass is 16.5. The van der Waals surface area contributed by atoms with E-state index in [0.717, 1.165) is 53.6 Å². The maximum atomic E-state index is 6.48. The van der Waals surface area contributed by atoms with Crippen molar-refractivity contribution in [3.05, 3.63) is 41.5 Å². The summed E-state index contributed by atoms with van der Waals surface area (Å²) in [4.78, 5) is 0. The molecule has 0 amide bonds. The van der Waals surface area contributed by atoms with Crippen molar-refractivity contribution in [1.82, 2.24) is 0 Å². The van der Waals surface area contributed by atoms with E-state index in [1.165, 1.54) is 69.8 Å². The Morgan fingerprint density at radius 3 is 2.38 bits per heavy atom. The fourth-order valence-electron chi connectivity index (χ4n) is 10.4. The van der Waals surface area contributed by atoms with E-state index < -0.39 is 0 Å². The third-order valence-corrected chi connectivity index (χ3v) is 12.9. The zero-order valence-corrected chi connectivity index (χ0v) is 26.3. The first-order chi connectivity index (χ1) is 18.7. The topological polar surface area (TPSA) is 18.5 Å². The van der Waals surface area contributed by atoms with Gasteiger partial charge in [-0.3, -0.25) is 0 Å². The number of allylic oxidation sites excluding steroid dienone is 1. The Balaban J connectivity index is 1.21. The summed E-state index contributed by atoms with van der Waals surface area (Å²) >= 11 is 0. The standard InChI is InChI=1S/C37H58O2/c1-8-28(25(2)3)12-9-26(4)33-17-18-34-32-16-13-29-23-31(39-24-27-10-14-30(38-7)15-11-27)19-21-36(29,5)35(32)20-22-37(33,34)6/h10-11,13-15,25-26,28,31-35H,8-9,12,16-24H2,1-7H3/t26-,28-,31+,32+,33-,34+,35+,36+,37-/m1/s1. The van der Waals surface area contributed by atoms with E-state index in [1.807, 2.05) is 12.1 Å². The number of methoxy groups -OCH3 is 1. The minimum Gasteiger partial charge on any atom is -0.497 e. The fraction of sp³-hybridized carbons (Fsp3) is 0.784. The van der Waals surface area contributed by atoms with Crippen LogP contribution in [-0.2, 0) is 11.3 Å². The lowest BCUT2D eigenvalue weighted by molar-refractivity contribution is -0.0658. The minimum atomic E-state index is 0.367. The maximum Gasteiger partial charge on any atom is 0.118 e. The number of fused-ring (bicyclic) bond motifs is 5. The van der Waals surface area contributed by atoms with Gasteiger partial charge in [0.1, 0.15) is 5.75 Å². The summed E-state index contributed by atoms with van der Waals surface area (Å²) in [6.07, 6.45) is 18.2. The van der Waals surface area contributed by atoms with Gasteiger partial charge in [0.2, 0.25) is 0 Å². The van der Waals surface area contributed by atoms with Gasteiger partial charge in [0.15, 0.2) is 0 Å². The Bertz CT molecular complexity index is 978. The average Bonchev–Trinajstić information content (AvgIpc) is 3.29. The van der Waals surface area contributed by atoms with Crippen molar-refractivity contribution in [2.24, 2.45) is 52.3 Å². The molecule has 0 N–H and O–H groups in total.